The highest BCUT2D eigenvalue weighted by Crippen LogP contribution is 2.22. The lowest BCUT2D eigenvalue weighted by atomic mass is 10.1. The molecule has 1 atom stereocenters. The van der Waals surface area contributed by atoms with Crippen molar-refractivity contribution in [2.45, 2.75) is 33.0 Å². The van der Waals surface area contributed by atoms with Crippen molar-refractivity contribution in [3.63, 3.8) is 0 Å². The molecule has 0 saturated carbocycles. The van der Waals surface area contributed by atoms with Gasteiger partial charge < -0.3 is 10.2 Å². The van der Waals surface area contributed by atoms with Crippen molar-refractivity contribution in [2.24, 2.45) is 0 Å². The number of halogens is 3. The first-order valence-corrected chi connectivity index (χ1v) is 6.38. The Balaban J connectivity index is 2.90. The summed E-state index contributed by atoms with van der Waals surface area (Å²) in [4.78, 5) is 5.26. The van der Waals surface area contributed by atoms with Crippen molar-refractivity contribution in [3.05, 3.63) is 23.9 Å². The number of aromatic nitrogens is 1. The molecule has 0 fully saturated rings. The van der Waals surface area contributed by atoms with Gasteiger partial charge in [-0.3, -0.25) is 0 Å². The van der Waals surface area contributed by atoms with Crippen molar-refractivity contribution in [1.29, 1.82) is 0 Å². The van der Waals surface area contributed by atoms with Gasteiger partial charge in [0, 0.05) is 18.8 Å². The van der Waals surface area contributed by atoms with E-state index in [0.29, 0.717) is 5.82 Å². The van der Waals surface area contributed by atoms with Gasteiger partial charge in [0.05, 0.1) is 0 Å². The van der Waals surface area contributed by atoms with Crippen molar-refractivity contribution in [3.8, 4) is 0 Å². The topological polar surface area (TPSA) is 28.2 Å². The van der Waals surface area contributed by atoms with E-state index in [9.17, 15) is 13.2 Å². The van der Waals surface area contributed by atoms with Crippen molar-refractivity contribution >= 4 is 5.82 Å². The van der Waals surface area contributed by atoms with E-state index < -0.39 is 12.7 Å². The van der Waals surface area contributed by atoms with Crippen LogP contribution in [0.2, 0.25) is 0 Å². The van der Waals surface area contributed by atoms with Gasteiger partial charge in [0.1, 0.15) is 12.4 Å². The minimum Gasteiger partial charge on any atom is -0.348 e. The van der Waals surface area contributed by atoms with Crippen LogP contribution in [0.1, 0.15) is 32.4 Å². The largest absolute Gasteiger partial charge is 0.405 e. The molecule has 1 aromatic heterocycles. The second-order valence-corrected chi connectivity index (χ2v) is 4.36. The summed E-state index contributed by atoms with van der Waals surface area (Å²) in [5.41, 5.74) is 0.937. The predicted molar refractivity (Wildman–Crippen MR) is 70.3 cm³/mol. The highest BCUT2D eigenvalue weighted by molar-refractivity contribution is 5.41. The van der Waals surface area contributed by atoms with E-state index in [1.165, 1.54) is 4.90 Å². The molecule has 0 amide bonds. The molecule has 1 heterocycles. The summed E-state index contributed by atoms with van der Waals surface area (Å²) < 4.78 is 37.4. The Morgan fingerprint density at radius 2 is 2.05 bits per heavy atom. The van der Waals surface area contributed by atoms with E-state index in [0.717, 1.165) is 12.1 Å². The average molecular weight is 275 g/mol. The molecular formula is C13H20F3N3. The number of hydrogen-bond acceptors (Lipinski definition) is 3. The van der Waals surface area contributed by atoms with Crippen LogP contribution in [0, 0.1) is 0 Å². The SMILES string of the molecule is CCNC(C)c1ccnc(N(CC)CC(F)(F)F)c1. The number of nitrogens with one attached hydrogen (secondary N) is 1. The number of anilines is 1. The minimum atomic E-state index is -4.22. The summed E-state index contributed by atoms with van der Waals surface area (Å²) in [7, 11) is 0. The first-order valence-electron chi connectivity index (χ1n) is 6.38. The fraction of sp³-hybridized carbons (Fsp3) is 0.615. The summed E-state index contributed by atoms with van der Waals surface area (Å²) in [6.07, 6.45) is -2.67. The molecule has 6 heteroatoms. The molecule has 0 aliphatic rings. The molecule has 0 bridgehead atoms. The van der Waals surface area contributed by atoms with Crippen molar-refractivity contribution < 1.29 is 13.2 Å². The van der Waals surface area contributed by atoms with Crippen LogP contribution < -0.4 is 10.2 Å². The smallest absolute Gasteiger partial charge is 0.348 e. The quantitative estimate of drug-likeness (QED) is 0.864. The van der Waals surface area contributed by atoms with Gasteiger partial charge in [-0.1, -0.05) is 6.92 Å². The minimum absolute atomic E-state index is 0.0938. The van der Waals surface area contributed by atoms with E-state index in [1.54, 1.807) is 19.2 Å². The Labute approximate surface area is 111 Å². The lowest BCUT2D eigenvalue weighted by molar-refractivity contribution is -0.119. The molecule has 0 saturated heterocycles. The summed E-state index contributed by atoms with van der Waals surface area (Å²) in [6, 6.07) is 3.62. The lowest BCUT2D eigenvalue weighted by Gasteiger charge is -2.24. The van der Waals surface area contributed by atoms with E-state index >= 15 is 0 Å². The molecule has 1 unspecified atom stereocenters. The zero-order valence-electron chi connectivity index (χ0n) is 11.5. The number of rotatable bonds is 6. The average Bonchev–Trinajstić information content (AvgIpc) is 2.35. The van der Waals surface area contributed by atoms with Gasteiger partial charge in [0.25, 0.3) is 0 Å². The van der Waals surface area contributed by atoms with Gasteiger partial charge in [-0.25, -0.2) is 4.98 Å². The van der Waals surface area contributed by atoms with Gasteiger partial charge >= 0.3 is 6.18 Å². The fourth-order valence-corrected chi connectivity index (χ4v) is 1.87. The second kappa shape index (κ2) is 6.75. The Hall–Kier alpha value is -1.30. The molecule has 1 aromatic rings. The molecule has 0 aliphatic heterocycles. The van der Waals surface area contributed by atoms with Gasteiger partial charge in [-0.15, -0.1) is 0 Å². The zero-order valence-corrected chi connectivity index (χ0v) is 11.5. The standard InChI is InChI=1S/C13H20F3N3/c1-4-17-10(3)11-6-7-18-12(8-11)19(5-2)9-13(14,15)16/h6-8,10,17H,4-5,9H2,1-3H3. The summed E-state index contributed by atoms with van der Waals surface area (Å²) in [6.45, 7) is 5.75. The molecule has 1 rings (SSSR count). The number of alkyl halides is 3. The van der Waals surface area contributed by atoms with Crippen LogP contribution >= 0.6 is 0 Å². The maximum Gasteiger partial charge on any atom is 0.405 e. The van der Waals surface area contributed by atoms with Crippen molar-refractivity contribution in [1.82, 2.24) is 10.3 Å². The number of hydrogen-bond donors (Lipinski definition) is 1. The lowest BCUT2D eigenvalue weighted by Crippen LogP contribution is -2.34. The van der Waals surface area contributed by atoms with Gasteiger partial charge in [-0.05, 0) is 38.1 Å². The van der Waals surface area contributed by atoms with E-state index in [-0.39, 0.29) is 12.6 Å². The Bertz CT molecular complexity index is 393. The molecule has 1 N–H and O–H groups in total. The van der Waals surface area contributed by atoms with Crippen molar-refractivity contribution in [2.75, 3.05) is 24.5 Å². The summed E-state index contributed by atoms with van der Waals surface area (Å²) >= 11 is 0. The molecule has 0 radical (unpaired) electrons. The Kier molecular flexibility index (Phi) is 5.60. The molecule has 3 nitrogen and oxygen atoms in total. The van der Waals surface area contributed by atoms with Crippen LogP contribution in [-0.2, 0) is 0 Å². The number of nitrogens with zero attached hydrogens (tertiary/aromatic N) is 2. The maximum absolute atomic E-state index is 12.5. The second-order valence-electron chi connectivity index (χ2n) is 4.36. The first kappa shape index (κ1) is 15.8. The number of pyridine rings is 1. The third-order valence-electron chi connectivity index (χ3n) is 2.86. The summed E-state index contributed by atoms with van der Waals surface area (Å²) in [5.74, 6) is 0.363. The molecular weight excluding hydrogens is 255 g/mol. The Morgan fingerprint density at radius 1 is 1.37 bits per heavy atom. The van der Waals surface area contributed by atoms with Crippen LogP contribution in [0.15, 0.2) is 18.3 Å². The van der Waals surface area contributed by atoms with Crippen LogP contribution in [0.25, 0.3) is 0 Å². The van der Waals surface area contributed by atoms with E-state index in [2.05, 4.69) is 10.3 Å². The highest BCUT2D eigenvalue weighted by Gasteiger charge is 2.30. The van der Waals surface area contributed by atoms with Gasteiger partial charge in [-0.2, -0.15) is 13.2 Å². The van der Waals surface area contributed by atoms with Crippen LogP contribution in [0.5, 0.6) is 0 Å². The molecule has 0 aromatic carbocycles. The Morgan fingerprint density at radius 3 is 2.58 bits per heavy atom. The highest BCUT2D eigenvalue weighted by atomic mass is 19.4. The normalized spacial score (nSPS) is 13.4. The molecule has 108 valence electrons. The third-order valence-corrected chi connectivity index (χ3v) is 2.86. The molecule has 0 aliphatic carbocycles. The molecule has 19 heavy (non-hydrogen) atoms. The van der Waals surface area contributed by atoms with E-state index in [1.807, 2.05) is 19.9 Å². The predicted octanol–water partition coefficient (Wildman–Crippen LogP) is 3.14. The fourth-order valence-electron chi connectivity index (χ4n) is 1.87. The maximum atomic E-state index is 12.5. The van der Waals surface area contributed by atoms with Gasteiger partial charge in [0.15, 0.2) is 0 Å². The monoisotopic (exact) mass is 275 g/mol. The van der Waals surface area contributed by atoms with Crippen LogP contribution in [-0.4, -0.2) is 30.8 Å². The first-order chi connectivity index (χ1) is 8.87. The zero-order chi connectivity index (χ0) is 14.5. The van der Waals surface area contributed by atoms with Crippen LogP contribution in [0.4, 0.5) is 19.0 Å². The summed E-state index contributed by atoms with van der Waals surface area (Å²) in [5, 5.41) is 3.23. The third kappa shape index (κ3) is 5.06. The van der Waals surface area contributed by atoms with Crippen LogP contribution in [0.3, 0.4) is 0 Å². The van der Waals surface area contributed by atoms with Gasteiger partial charge in [0.2, 0.25) is 0 Å². The van der Waals surface area contributed by atoms with E-state index in [4.69, 9.17) is 0 Å². The molecule has 0 spiro atoms.